The molecule has 3 aromatic rings. The molecule has 0 spiro atoms. The van der Waals surface area contributed by atoms with Crippen LogP contribution in [0.4, 0.5) is 4.39 Å². The van der Waals surface area contributed by atoms with E-state index in [1.165, 1.54) is 18.2 Å². The van der Waals surface area contributed by atoms with Gasteiger partial charge in [0, 0.05) is 6.07 Å². The van der Waals surface area contributed by atoms with Gasteiger partial charge in [-0.2, -0.15) is 0 Å². The zero-order valence-corrected chi connectivity index (χ0v) is 8.72. The van der Waals surface area contributed by atoms with E-state index in [1.807, 2.05) is 0 Å². The van der Waals surface area contributed by atoms with Gasteiger partial charge in [-0.15, -0.1) is 0 Å². The number of rotatable bonds is 1. The Hall–Kier alpha value is -2.36. The largest absolute Gasteiger partial charge is 0.508 e. The number of benzene rings is 2. The highest BCUT2D eigenvalue weighted by atomic mass is 19.1. The van der Waals surface area contributed by atoms with Gasteiger partial charge in [0.15, 0.2) is 5.58 Å². The summed E-state index contributed by atoms with van der Waals surface area (Å²) in [6, 6.07) is 10.8. The summed E-state index contributed by atoms with van der Waals surface area (Å²) < 4.78 is 18.9. The Morgan fingerprint density at radius 1 is 1.12 bits per heavy atom. The maximum absolute atomic E-state index is 13.5. The third-order valence-electron chi connectivity index (χ3n) is 2.48. The summed E-state index contributed by atoms with van der Waals surface area (Å²) in [5, 5.41) is 9.30. The lowest BCUT2D eigenvalue weighted by Crippen LogP contribution is -1.82. The second-order valence-corrected chi connectivity index (χ2v) is 3.65. The highest BCUT2D eigenvalue weighted by Gasteiger charge is 2.11. The molecule has 1 aromatic heterocycles. The minimum Gasteiger partial charge on any atom is -0.508 e. The van der Waals surface area contributed by atoms with Crippen LogP contribution >= 0.6 is 0 Å². The van der Waals surface area contributed by atoms with Crippen LogP contribution in [0.3, 0.4) is 0 Å². The predicted octanol–water partition coefficient (Wildman–Crippen LogP) is 3.34. The molecule has 17 heavy (non-hydrogen) atoms. The Balaban J connectivity index is 2.22. The molecule has 0 aliphatic heterocycles. The number of phenolic OH excluding ortho intramolecular Hbond substituents is 1. The Morgan fingerprint density at radius 3 is 2.76 bits per heavy atom. The Labute approximate surface area is 96.1 Å². The van der Waals surface area contributed by atoms with Gasteiger partial charge in [0.2, 0.25) is 5.89 Å². The SMILES string of the molecule is Oc1ccc2nc(-c3ccccc3F)oc2c1. The van der Waals surface area contributed by atoms with E-state index in [9.17, 15) is 9.50 Å². The molecule has 0 aliphatic carbocycles. The van der Waals surface area contributed by atoms with Crippen molar-refractivity contribution in [3.8, 4) is 17.2 Å². The number of aromatic nitrogens is 1. The van der Waals surface area contributed by atoms with E-state index < -0.39 is 0 Å². The number of halogens is 1. The summed E-state index contributed by atoms with van der Waals surface area (Å²) in [5.74, 6) is -0.0827. The summed E-state index contributed by atoms with van der Waals surface area (Å²) in [7, 11) is 0. The van der Waals surface area contributed by atoms with Gasteiger partial charge in [0.05, 0.1) is 5.56 Å². The van der Waals surface area contributed by atoms with Crippen LogP contribution < -0.4 is 0 Å². The monoisotopic (exact) mass is 229 g/mol. The average molecular weight is 229 g/mol. The summed E-state index contributed by atoms with van der Waals surface area (Å²) in [4.78, 5) is 4.17. The van der Waals surface area contributed by atoms with Crippen molar-refractivity contribution in [3.05, 3.63) is 48.3 Å². The first-order valence-electron chi connectivity index (χ1n) is 5.08. The molecule has 2 aromatic carbocycles. The van der Waals surface area contributed by atoms with Crippen LogP contribution in [0.25, 0.3) is 22.6 Å². The molecule has 1 N–H and O–H groups in total. The standard InChI is InChI=1S/C13H8FNO2/c14-10-4-2-1-3-9(10)13-15-11-6-5-8(16)7-12(11)17-13/h1-7,16H. The van der Waals surface area contributed by atoms with Crippen LogP contribution in [-0.2, 0) is 0 Å². The number of phenols is 1. The first kappa shape index (κ1) is 9.84. The van der Waals surface area contributed by atoms with Crippen molar-refractivity contribution in [2.24, 2.45) is 0 Å². The number of fused-ring (bicyclic) bond motifs is 1. The number of hydrogen-bond acceptors (Lipinski definition) is 3. The smallest absolute Gasteiger partial charge is 0.230 e. The van der Waals surface area contributed by atoms with Crippen molar-refractivity contribution in [2.75, 3.05) is 0 Å². The Kier molecular flexibility index (Phi) is 2.08. The zero-order chi connectivity index (χ0) is 11.8. The maximum Gasteiger partial charge on any atom is 0.230 e. The van der Waals surface area contributed by atoms with Gasteiger partial charge in [-0.3, -0.25) is 0 Å². The van der Waals surface area contributed by atoms with Gasteiger partial charge < -0.3 is 9.52 Å². The van der Waals surface area contributed by atoms with Gasteiger partial charge >= 0.3 is 0 Å². The lowest BCUT2D eigenvalue weighted by Gasteiger charge is -1.95. The normalized spacial score (nSPS) is 10.9. The molecule has 3 rings (SSSR count). The van der Waals surface area contributed by atoms with Gasteiger partial charge in [0.1, 0.15) is 17.1 Å². The minimum absolute atomic E-state index is 0.0914. The second-order valence-electron chi connectivity index (χ2n) is 3.65. The molecular formula is C13H8FNO2. The third-order valence-corrected chi connectivity index (χ3v) is 2.48. The Bertz CT molecular complexity index is 691. The van der Waals surface area contributed by atoms with Crippen molar-refractivity contribution in [1.29, 1.82) is 0 Å². The Morgan fingerprint density at radius 2 is 1.94 bits per heavy atom. The molecule has 0 unspecified atom stereocenters. The number of oxazole rings is 1. The number of aromatic hydroxyl groups is 1. The van der Waals surface area contributed by atoms with Gasteiger partial charge in [-0.1, -0.05) is 12.1 Å². The van der Waals surface area contributed by atoms with Gasteiger partial charge in [-0.25, -0.2) is 9.37 Å². The first-order chi connectivity index (χ1) is 8.24. The highest BCUT2D eigenvalue weighted by Crippen LogP contribution is 2.27. The summed E-state index contributed by atoms with van der Waals surface area (Å²) in [6.45, 7) is 0. The van der Waals surface area contributed by atoms with Crippen LogP contribution in [0.5, 0.6) is 5.75 Å². The second kappa shape index (κ2) is 3.59. The fourth-order valence-electron chi connectivity index (χ4n) is 1.66. The van der Waals surface area contributed by atoms with Crippen molar-refractivity contribution in [3.63, 3.8) is 0 Å². The van der Waals surface area contributed by atoms with E-state index in [2.05, 4.69) is 4.98 Å². The highest BCUT2D eigenvalue weighted by molar-refractivity contribution is 5.77. The molecule has 84 valence electrons. The quantitative estimate of drug-likeness (QED) is 0.696. The fraction of sp³-hybridized carbons (Fsp3) is 0. The minimum atomic E-state index is -0.386. The molecule has 0 amide bonds. The molecule has 0 saturated heterocycles. The lowest BCUT2D eigenvalue weighted by molar-refractivity contribution is 0.474. The molecule has 0 saturated carbocycles. The summed E-state index contributed by atoms with van der Waals surface area (Å²) in [5.41, 5.74) is 1.33. The molecule has 0 radical (unpaired) electrons. The molecule has 0 fully saturated rings. The summed E-state index contributed by atoms with van der Waals surface area (Å²) >= 11 is 0. The van der Waals surface area contributed by atoms with E-state index in [-0.39, 0.29) is 17.5 Å². The molecule has 1 heterocycles. The predicted molar refractivity (Wildman–Crippen MR) is 61.1 cm³/mol. The first-order valence-corrected chi connectivity index (χ1v) is 5.08. The topological polar surface area (TPSA) is 46.3 Å². The van der Waals surface area contributed by atoms with Crippen LogP contribution in [0.2, 0.25) is 0 Å². The van der Waals surface area contributed by atoms with E-state index in [1.54, 1.807) is 24.3 Å². The van der Waals surface area contributed by atoms with Gasteiger partial charge in [-0.05, 0) is 24.3 Å². The van der Waals surface area contributed by atoms with Gasteiger partial charge in [0.25, 0.3) is 0 Å². The van der Waals surface area contributed by atoms with E-state index in [0.29, 0.717) is 16.7 Å². The molecular weight excluding hydrogens is 221 g/mol. The van der Waals surface area contributed by atoms with Crippen LogP contribution in [0.15, 0.2) is 46.9 Å². The fourth-order valence-corrected chi connectivity index (χ4v) is 1.66. The lowest BCUT2D eigenvalue weighted by atomic mass is 10.2. The van der Waals surface area contributed by atoms with E-state index in [4.69, 9.17) is 4.42 Å². The zero-order valence-electron chi connectivity index (χ0n) is 8.72. The van der Waals surface area contributed by atoms with Crippen LogP contribution in [0.1, 0.15) is 0 Å². The average Bonchev–Trinajstić information content (AvgIpc) is 2.72. The van der Waals surface area contributed by atoms with Crippen molar-refractivity contribution < 1.29 is 13.9 Å². The van der Waals surface area contributed by atoms with Crippen LogP contribution in [0, 0.1) is 5.82 Å². The molecule has 0 aliphatic rings. The molecule has 0 bridgehead atoms. The maximum atomic E-state index is 13.5. The van der Waals surface area contributed by atoms with Crippen molar-refractivity contribution in [1.82, 2.24) is 4.98 Å². The third kappa shape index (κ3) is 1.63. The van der Waals surface area contributed by atoms with E-state index in [0.717, 1.165) is 0 Å². The molecule has 0 atom stereocenters. The number of nitrogens with zero attached hydrogens (tertiary/aromatic N) is 1. The molecule has 4 heteroatoms. The van der Waals surface area contributed by atoms with Crippen molar-refractivity contribution >= 4 is 11.1 Å². The van der Waals surface area contributed by atoms with Crippen molar-refractivity contribution in [2.45, 2.75) is 0 Å². The van der Waals surface area contributed by atoms with Crippen LogP contribution in [-0.4, -0.2) is 10.1 Å². The number of hydrogen-bond donors (Lipinski definition) is 1. The summed E-state index contributed by atoms with van der Waals surface area (Å²) in [6.07, 6.45) is 0. The van der Waals surface area contributed by atoms with E-state index >= 15 is 0 Å². The molecule has 3 nitrogen and oxygen atoms in total.